The highest BCUT2D eigenvalue weighted by Gasteiger charge is 2.07. The Morgan fingerprint density at radius 1 is 1.40 bits per heavy atom. The third kappa shape index (κ3) is 2.43. The minimum Gasteiger partial charge on any atom is -0.352 e. The Hall–Kier alpha value is -1.82. The molecule has 1 aromatic carbocycles. The fraction of sp³-hybridized carbons (Fsp3) is 0.286. The largest absolute Gasteiger partial charge is 0.352 e. The van der Waals surface area contributed by atoms with Gasteiger partial charge in [0.05, 0.1) is 11.2 Å². The molecule has 0 atom stereocenters. The smallest absolute Gasteiger partial charge is 0.201 e. The van der Waals surface area contributed by atoms with E-state index in [0.717, 1.165) is 33.7 Å². The molecule has 3 aromatic rings. The Morgan fingerprint density at radius 3 is 2.95 bits per heavy atom. The summed E-state index contributed by atoms with van der Waals surface area (Å²) in [5, 5.41) is 7.75. The number of hydrogen-bond donors (Lipinski definition) is 2. The number of hydrogen-bond acceptors (Lipinski definition) is 3. The molecule has 3 rings (SSSR count). The van der Waals surface area contributed by atoms with Crippen LogP contribution in [0.15, 0.2) is 28.9 Å². The zero-order chi connectivity index (χ0) is 14.1. The van der Waals surface area contributed by atoms with Crippen molar-refractivity contribution in [3.63, 3.8) is 0 Å². The Kier molecular flexibility index (Phi) is 3.48. The maximum absolute atomic E-state index is 4.54. The molecular formula is C14H16BrN5. The number of anilines is 1. The number of imidazole rings is 1. The number of aromatic amines is 1. The molecule has 0 aliphatic heterocycles. The van der Waals surface area contributed by atoms with E-state index in [2.05, 4.69) is 49.4 Å². The molecule has 0 unspecified atom stereocenters. The van der Waals surface area contributed by atoms with Crippen molar-refractivity contribution >= 4 is 32.9 Å². The highest BCUT2D eigenvalue weighted by Crippen LogP contribution is 2.23. The van der Waals surface area contributed by atoms with Crippen LogP contribution in [0.1, 0.15) is 18.2 Å². The van der Waals surface area contributed by atoms with E-state index in [1.54, 1.807) is 0 Å². The predicted molar refractivity (Wildman–Crippen MR) is 83.8 cm³/mol. The minimum atomic E-state index is 0.712. The van der Waals surface area contributed by atoms with Crippen LogP contribution in [0.3, 0.4) is 0 Å². The SMILES string of the molecule is CCn1cc(CNc2nc3c(Br)cccc3[nH]2)c(C)n1. The molecular weight excluding hydrogens is 318 g/mol. The number of H-pyrrole nitrogens is 1. The highest BCUT2D eigenvalue weighted by molar-refractivity contribution is 9.10. The molecule has 0 amide bonds. The topological polar surface area (TPSA) is 58.5 Å². The van der Waals surface area contributed by atoms with Crippen LogP contribution in [0.5, 0.6) is 0 Å². The van der Waals surface area contributed by atoms with Gasteiger partial charge in [-0.25, -0.2) is 4.98 Å². The van der Waals surface area contributed by atoms with Gasteiger partial charge in [0.1, 0.15) is 5.52 Å². The molecule has 0 saturated carbocycles. The summed E-state index contributed by atoms with van der Waals surface area (Å²) in [6.07, 6.45) is 2.07. The monoisotopic (exact) mass is 333 g/mol. The fourth-order valence-corrected chi connectivity index (χ4v) is 2.61. The van der Waals surface area contributed by atoms with Gasteiger partial charge in [-0.15, -0.1) is 0 Å². The van der Waals surface area contributed by atoms with Crippen molar-refractivity contribution in [2.24, 2.45) is 0 Å². The zero-order valence-electron chi connectivity index (χ0n) is 11.4. The van der Waals surface area contributed by atoms with E-state index in [1.165, 1.54) is 5.56 Å². The lowest BCUT2D eigenvalue weighted by Crippen LogP contribution is -2.01. The van der Waals surface area contributed by atoms with Gasteiger partial charge in [-0.2, -0.15) is 5.10 Å². The number of nitrogens with one attached hydrogen (secondary N) is 2. The summed E-state index contributed by atoms with van der Waals surface area (Å²) >= 11 is 3.51. The Morgan fingerprint density at radius 2 is 2.25 bits per heavy atom. The minimum absolute atomic E-state index is 0.712. The third-order valence-electron chi connectivity index (χ3n) is 3.28. The maximum atomic E-state index is 4.54. The summed E-state index contributed by atoms with van der Waals surface area (Å²) in [6, 6.07) is 5.99. The molecule has 0 radical (unpaired) electrons. The van der Waals surface area contributed by atoms with E-state index >= 15 is 0 Å². The number of rotatable bonds is 4. The Balaban J connectivity index is 1.79. The van der Waals surface area contributed by atoms with Crippen molar-refractivity contribution in [1.82, 2.24) is 19.7 Å². The molecule has 2 aromatic heterocycles. The normalized spacial score (nSPS) is 11.2. The number of fused-ring (bicyclic) bond motifs is 1. The van der Waals surface area contributed by atoms with Crippen LogP contribution in [0.2, 0.25) is 0 Å². The second kappa shape index (κ2) is 5.28. The van der Waals surface area contributed by atoms with Gasteiger partial charge < -0.3 is 10.3 Å². The van der Waals surface area contributed by atoms with E-state index in [9.17, 15) is 0 Å². The number of halogens is 1. The summed E-state index contributed by atoms with van der Waals surface area (Å²) in [6.45, 7) is 5.71. The predicted octanol–water partition coefficient (Wildman–Crippen LogP) is 3.46. The first kappa shape index (κ1) is 13.2. The first-order valence-corrected chi connectivity index (χ1v) is 7.37. The molecule has 0 aliphatic carbocycles. The van der Waals surface area contributed by atoms with Crippen molar-refractivity contribution in [1.29, 1.82) is 0 Å². The van der Waals surface area contributed by atoms with E-state index in [1.807, 2.05) is 29.8 Å². The number of nitrogens with zero attached hydrogens (tertiary/aromatic N) is 3. The summed E-state index contributed by atoms with van der Waals surface area (Å²) in [5.74, 6) is 0.774. The van der Waals surface area contributed by atoms with E-state index in [-0.39, 0.29) is 0 Å². The van der Waals surface area contributed by atoms with Crippen LogP contribution < -0.4 is 5.32 Å². The molecule has 0 bridgehead atoms. The second-order valence-corrected chi connectivity index (χ2v) is 5.52. The summed E-state index contributed by atoms with van der Waals surface area (Å²) in [4.78, 5) is 7.81. The zero-order valence-corrected chi connectivity index (χ0v) is 13.0. The number of aryl methyl sites for hydroxylation is 2. The standard InChI is InChI=1S/C14H16BrN5/c1-3-20-8-10(9(2)19-20)7-16-14-17-12-6-4-5-11(15)13(12)18-14/h4-6,8H,3,7H2,1-2H3,(H2,16,17,18). The second-order valence-electron chi connectivity index (χ2n) is 4.67. The number of benzene rings is 1. The van der Waals surface area contributed by atoms with Gasteiger partial charge >= 0.3 is 0 Å². The van der Waals surface area contributed by atoms with E-state index in [4.69, 9.17) is 0 Å². The lowest BCUT2D eigenvalue weighted by molar-refractivity contribution is 0.653. The molecule has 2 N–H and O–H groups in total. The van der Waals surface area contributed by atoms with E-state index < -0.39 is 0 Å². The van der Waals surface area contributed by atoms with Crippen molar-refractivity contribution in [2.75, 3.05) is 5.32 Å². The average Bonchev–Trinajstić information content (AvgIpc) is 3.00. The third-order valence-corrected chi connectivity index (χ3v) is 3.92. The van der Waals surface area contributed by atoms with Gasteiger partial charge in [-0.3, -0.25) is 4.68 Å². The Labute approximate surface area is 125 Å². The van der Waals surface area contributed by atoms with Gasteiger partial charge in [0.25, 0.3) is 0 Å². The molecule has 0 fully saturated rings. The maximum Gasteiger partial charge on any atom is 0.201 e. The molecule has 6 heteroatoms. The number of para-hydroxylation sites is 1. The van der Waals surface area contributed by atoms with Gasteiger partial charge in [-0.05, 0) is 41.9 Å². The quantitative estimate of drug-likeness (QED) is 0.768. The summed E-state index contributed by atoms with van der Waals surface area (Å²) < 4.78 is 2.94. The molecule has 0 saturated heterocycles. The lowest BCUT2D eigenvalue weighted by Gasteiger charge is -2.00. The van der Waals surface area contributed by atoms with Gasteiger partial charge in [0.2, 0.25) is 5.95 Å². The molecule has 0 aliphatic rings. The first-order valence-electron chi connectivity index (χ1n) is 6.58. The number of aromatic nitrogens is 4. The summed E-state index contributed by atoms with van der Waals surface area (Å²) in [7, 11) is 0. The first-order chi connectivity index (χ1) is 9.67. The van der Waals surface area contributed by atoms with Crippen molar-refractivity contribution in [3.05, 3.63) is 40.1 Å². The van der Waals surface area contributed by atoms with Gasteiger partial charge in [-0.1, -0.05) is 6.07 Å². The highest BCUT2D eigenvalue weighted by atomic mass is 79.9. The molecule has 104 valence electrons. The van der Waals surface area contributed by atoms with Gasteiger partial charge in [0, 0.05) is 29.3 Å². The van der Waals surface area contributed by atoms with Crippen LogP contribution in [0.4, 0.5) is 5.95 Å². The van der Waals surface area contributed by atoms with Crippen LogP contribution in [0, 0.1) is 6.92 Å². The molecule has 5 nitrogen and oxygen atoms in total. The van der Waals surface area contributed by atoms with Crippen LogP contribution in [-0.4, -0.2) is 19.7 Å². The fourth-order valence-electron chi connectivity index (χ4n) is 2.15. The van der Waals surface area contributed by atoms with Gasteiger partial charge in [0.15, 0.2) is 0 Å². The average molecular weight is 334 g/mol. The lowest BCUT2D eigenvalue weighted by atomic mass is 10.3. The van der Waals surface area contributed by atoms with Crippen molar-refractivity contribution in [2.45, 2.75) is 26.9 Å². The van der Waals surface area contributed by atoms with Crippen LogP contribution in [0.25, 0.3) is 11.0 Å². The molecule has 20 heavy (non-hydrogen) atoms. The van der Waals surface area contributed by atoms with Crippen LogP contribution in [-0.2, 0) is 13.1 Å². The molecule has 0 spiro atoms. The van der Waals surface area contributed by atoms with E-state index in [0.29, 0.717) is 6.54 Å². The Bertz CT molecular complexity index is 743. The molecule has 2 heterocycles. The van der Waals surface area contributed by atoms with Crippen molar-refractivity contribution in [3.8, 4) is 0 Å². The van der Waals surface area contributed by atoms with Crippen molar-refractivity contribution < 1.29 is 0 Å². The summed E-state index contributed by atoms with van der Waals surface area (Å²) in [5.41, 5.74) is 4.20. The van der Waals surface area contributed by atoms with Crippen LogP contribution >= 0.6 is 15.9 Å².